The summed E-state index contributed by atoms with van der Waals surface area (Å²) < 4.78 is 11.0. The van der Waals surface area contributed by atoms with Crippen LogP contribution < -0.4 is 15.2 Å². The van der Waals surface area contributed by atoms with E-state index in [9.17, 15) is 0 Å². The quantitative estimate of drug-likeness (QED) is 0.736. The van der Waals surface area contributed by atoms with Crippen molar-refractivity contribution >= 4 is 16.5 Å². The van der Waals surface area contributed by atoms with Crippen molar-refractivity contribution in [1.29, 1.82) is 0 Å². The Kier molecular flexibility index (Phi) is 3.13. The summed E-state index contributed by atoms with van der Waals surface area (Å²) in [5.74, 6) is 2.05. The highest BCUT2D eigenvalue weighted by Gasteiger charge is 2.07. The highest BCUT2D eigenvalue weighted by molar-refractivity contribution is 5.95. The molecule has 0 aliphatic rings. The van der Waals surface area contributed by atoms with Gasteiger partial charge in [-0.05, 0) is 30.3 Å². The molecule has 3 rings (SSSR count). The van der Waals surface area contributed by atoms with Crippen molar-refractivity contribution < 1.29 is 9.47 Å². The minimum absolute atomic E-state index is 0.604. The van der Waals surface area contributed by atoms with Gasteiger partial charge in [0.25, 0.3) is 0 Å². The van der Waals surface area contributed by atoms with Crippen molar-refractivity contribution in [2.75, 3.05) is 12.8 Å². The van der Waals surface area contributed by atoms with Crippen LogP contribution in [0, 0.1) is 0 Å². The second-order valence-corrected chi connectivity index (χ2v) is 4.36. The maximum absolute atomic E-state index is 6.15. The second kappa shape index (κ2) is 5.09. The van der Waals surface area contributed by atoms with Crippen LogP contribution in [-0.2, 0) is 0 Å². The third kappa shape index (κ3) is 2.23. The van der Waals surface area contributed by atoms with E-state index in [0.717, 1.165) is 16.5 Å². The Labute approximate surface area is 116 Å². The van der Waals surface area contributed by atoms with Gasteiger partial charge in [0, 0.05) is 29.2 Å². The van der Waals surface area contributed by atoms with Gasteiger partial charge in [0.2, 0.25) is 0 Å². The molecule has 0 saturated carbocycles. The first-order chi connectivity index (χ1) is 9.78. The zero-order valence-electron chi connectivity index (χ0n) is 11.0. The summed E-state index contributed by atoms with van der Waals surface area (Å²) in [5, 5.41) is 1.92. The van der Waals surface area contributed by atoms with Crippen molar-refractivity contribution in [2.24, 2.45) is 0 Å². The molecule has 0 saturated heterocycles. The number of rotatable bonds is 3. The molecule has 100 valence electrons. The maximum Gasteiger partial charge on any atom is 0.150 e. The van der Waals surface area contributed by atoms with E-state index in [2.05, 4.69) is 4.98 Å². The number of aromatic nitrogens is 1. The van der Waals surface area contributed by atoms with E-state index >= 15 is 0 Å². The number of methoxy groups -OCH3 is 1. The number of pyridine rings is 1. The third-order valence-corrected chi connectivity index (χ3v) is 3.09. The maximum atomic E-state index is 6.15. The smallest absolute Gasteiger partial charge is 0.150 e. The largest absolute Gasteiger partial charge is 0.497 e. The fourth-order valence-corrected chi connectivity index (χ4v) is 2.05. The lowest BCUT2D eigenvalue weighted by molar-refractivity contribution is 0.409. The molecule has 0 bridgehead atoms. The highest BCUT2D eigenvalue weighted by atomic mass is 16.5. The van der Waals surface area contributed by atoms with Crippen molar-refractivity contribution in [2.45, 2.75) is 0 Å². The lowest BCUT2D eigenvalue weighted by atomic mass is 10.1. The summed E-state index contributed by atoms with van der Waals surface area (Å²) in [6, 6.07) is 13.1. The van der Waals surface area contributed by atoms with E-state index < -0.39 is 0 Å². The van der Waals surface area contributed by atoms with Gasteiger partial charge in [-0.2, -0.15) is 0 Å². The van der Waals surface area contributed by atoms with E-state index in [1.54, 1.807) is 19.5 Å². The molecule has 3 aromatic rings. The van der Waals surface area contributed by atoms with Crippen LogP contribution in [0.2, 0.25) is 0 Å². The minimum Gasteiger partial charge on any atom is -0.497 e. The summed E-state index contributed by atoms with van der Waals surface area (Å²) >= 11 is 0. The molecule has 0 radical (unpaired) electrons. The van der Waals surface area contributed by atoms with Gasteiger partial charge in [0.1, 0.15) is 11.5 Å². The van der Waals surface area contributed by atoms with Crippen LogP contribution in [0.25, 0.3) is 10.8 Å². The van der Waals surface area contributed by atoms with E-state index in [4.69, 9.17) is 15.2 Å². The van der Waals surface area contributed by atoms with Crippen molar-refractivity contribution in [3.63, 3.8) is 0 Å². The first kappa shape index (κ1) is 12.3. The van der Waals surface area contributed by atoms with E-state index in [0.29, 0.717) is 17.2 Å². The van der Waals surface area contributed by atoms with Gasteiger partial charge in [0.05, 0.1) is 12.8 Å². The molecule has 4 heteroatoms. The van der Waals surface area contributed by atoms with Crippen LogP contribution in [0.1, 0.15) is 0 Å². The van der Waals surface area contributed by atoms with Crippen molar-refractivity contribution in [1.82, 2.24) is 4.98 Å². The molecule has 0 fully saturated rings. The van der Waals surface area contributed by atoms with Crippen LogP contribution in [0.15, 0.2) is 54.9 Å². The molecule has 2 N–H and O–H groups in total. The zero-order valence-corrected chi connectivity index (χ0v) is 11.0. The standard InChI is InChI=1S/C16H14N2O2/c1-19-12-3-2-4-13(9-12)20-15-6-5-11-10-18-8-7-14(11)16(15)17/h2-10H,17H2,1H3. The van der Waals surface area contributed by atoms with Crippen LogP contribution in [0.5, 0.6) is 17.2 Å². The molecule has 0 aliphatic carbocycles. The predicted molar refractivity (Wildman–Crippen MR) is 79.2 cm³/mol. The zero-order chi connectivity index (χ0) is 13.9. The number of hydrogen-bond donors (Lipinski definition) is 1. The molecular formula is C16H14N2O2. The average molecular weight is 266 g/mol. The van der Waals surface area contributed by atoms with Crippen LogP contribution >= 0.6 is 0 Å². The molecular weight excluding hydrogens is 252 g/mol. The first-order valence-electron chi connectivity index (χ1n) is 6.22. The number of benzene rings is 2. The fraction of sp³-hybridized carbons (Fsp3) is 0.0625. The second-order valence-electron chi connectivity index (χ2n) is 4.36. The predicted octanol–water partition coefficient (Wildman–Crippen LogP) is 3.62. The topological polar surface area (TPSA) is 57.4 Å². The fourth-order valence-electron chi connectivity index (χ4n) is 2.05. The van der Waals surface area contributed by atoms with Gasteiger partial charge in [-0.1, -0.05) is 6.07 Å². The van der Waals surface area contributed by atoms with E-state index in [1.807, 2.05) is 42.5 Å². The SMILES string of the molecule is COc1cccc(Oc2ccc3cnccc3c2N)c1. The molecule has 0 aliphatic heterocycles. The lowest BCUT2D eigenvalue weighted by Crippen LogP contribution is -1.94. The number of fused-ring (bicyclic) bond motifs is 1. The normalized spacial score (nSPS) is 10.4. The minimum atomic E-state index is 0.604. The molecule has 1 heterocycles. The van der Waals surface area contributed by atoms with Gasteiger partial charge < -0.3 is 15.2 Å². The summed E-state index contributed by atoms with van der Waals surface area (Å²) in [6.07, 6.45) is 3.50. The first-order valence-corrected chi connectivity index (χ1v) is 6.22. The Balaban J connectivity index is 2.00. The summed E-state index contributed by atoms with van der Waals surface area (Å²) in [5.41, 5.74) is 6.76. The molecule has 20 heavy (non-hydrogen) atoms. The Morgan fingerprint density at radius 2 is 1.90 bits per heavy atom. The Bertz CT molecular complexity index is 756. The van der Waals surface area contributed by atoms with Gasteiger partial charge in [-0.3, -0.25) is 4.98 Å². The molecule has 0 amide bonds. The average Bonchev–Trinajstić information content (AvgIpc) is 2.50. The number of nitrogen functional groups attached to an aromatic ring is 1. The number of nitrogens with two attached hydrogens (primary N) is 1. The van der Waals surface area contributed by atoms with Gasteiger partial charge in [-0.15, -0.1) is 0 Å². The lowest BCUT2D eigenvalue weighted by Gasteiger charge is -2.11. The molecule has 0 spiro atoms. The van der Waals surface area contributed by atoms with Crippen LogP contribution in [-0.4, -0.2) is 12.1 Å². The number of nitrogens with zero attached hydrogens (tertiary/aromatic N) is 1. The van der Waals surface area contributed by atoms with Crippen molar-refractivity contribution in [3.05, 3.63) is 54.9 Å². The Morgan fingerprint density at radius 3 is 2.75 bits per heavy atom. The van der Waals surface area contributed by atoms with Gasteiger partial charge in [-0.25, -0.2) is 0 Å². The van der Waals surface area contributed by atoms with Gasteiger partial charge in [0.15, 0.2) is 5.75 Å². The number of anilines is 1. The molecule has 0 atom stereocenters. The molecule has 0 unspecified atom stereocenters. The van der Waals surface area contributed by atoms with Crippen molar-refractivity contribution in [3.8, 4) is 17.2 Å². The molecule has 4 nitrogen and oxygen atoms in total. The monoisotopic (exact) mass is 266 g/mol. The summed E-state index contributed by atoms with van der Waals surface area (Å²) in [6.45, 7) is 0. The summed E-state index contributed by atoms with van der Waals surface area (Å²) in [4.78, 5) is 4.08. The number of ether oxygens (including phenoxy) is 2. The Hall–Kier alpha value is -2.75. The molecule has 1 aromatic heterocycles. The van der Waals surface area contributed by atoms with Crippen LogP contribution in [0.3, 0.4) is 0 Å². The summed E-state index contributed by atoms with van der Waals surface area (Å²) in [7, 11) is 1.62. The van der Waals surface area contributed by atoms with Crippen LogP contribution in [0.4, 0.5) is 5.69 Å². The van der Waals surface area contributed by atoms with E-state index in [-0.39, 0.29) is 0 Å². The highest BCUT2D eigenvalue weighted by Crippen LogP contribution is 2.34. The Morgan fingerprint density at radius 1 is 1.05 bits per heavy atom. The molecule has 2 aromatic carbocycles. The van der Waals surface area contributed by atoms with E-state index in [1.165, 1.54) is 0 Å². The van der Waals surface area contributed by atoms with Gasteiger partial charge >= 0.3 is 0 Å². The number of hydrogen-bond acceptors (Lipinski definition) is 4. The third-order valence-electron chi connectivity index (χ3n) is 3.09.